The molecule has 2 rings (SSSR count). The van der Waals surface area contributed by atoms with Crippen LogP contribution < -0.4 is 5.32 Å². The monoisotopic (exact) mass is 358 g/mol. The first kappa shape index (κ1) is 20.5. The van der Waals surface area contributed by atoms with Gasteiger partial charge in [-0.3, -0.25) is 9.59 Å². The molecule has 1 fully saturated rings. The first-order valence-corrected chi connectivity index (χ1v) is 9.85. The quantitative estimate of drug-likeness (QED) is 0.707. The van der Waals surface area contributed by atoms with E-state index < -0.39 is 0 Å². The van der Waals surface area contributed by atoms with E-state index in [1.165, 1.54) is 11.1 Å². The molecule has 1 aromatic rings. The molecule has 1 aromatic carbocycles. The molecule has 0 aromatic heterocycles. The molecule has 1 aliphatic rings. The predicted molar refractivity (Wildman–Crippen MR) is 106 cm³/mol. The minimum absolute atomic E-state index is 0.0363. The average Bonchev–Trinajstić information content (AvgIpc) is 3.40. The number of carbonyl (C=O) groups is 2. The maximum absolute atomic E-state index is 12.7. The Bertz CT molecular complexity index is 610. The summed E-state index contributed by atoms with van der Waals surface area (Å²) >= 11 is 0. The minimum Gasteiger partial charge on any atom is -0.356 e. The third-order valence-electron chi connectivity index (χ3n) is 4.84. The molecule has 1 aliphatic carbocycles. The maximum atomic E-state index is 12.7. The van der Waals surface area contributed by atoms with Crippen LogP contribution in [0.25, 0.3) is 0 Å². The molecule has 2 amide bonds. The summed E-state index contributed by atoms with van der Waals surface area (Å²) in [5, 5.41) is 2.92. The van der Waals surface area contributed by atoms with E-state index in [9.17, 15) is 9.59 Å². The van der Waals surface area contributed by atoms with Gasteiger partial charge in [0.15, 0.2) is 0 Å². The van der Waals surface area contributed by atoms with Gasteiger partial charge in [-0.1, -0.05) is 58.9 Å². The number of nitrogens with one attached hydrogen (secondary N) is 1. The van der Waals surface area contributed by atoms with Crippen molar-refractivity contribution in [2.24, 2.45) is 5.41 Å². The highest BCUT2D eigenvalue weighted by Gasteiger charge is 2.32. The molecule has 0 heterocycles. The van der Waals surface area contributed by atoms with Gasteiger partial charge in [0.1, 0.15) is 0 Å². The number of benzene rings is 1. The highest BCUT2D eigenvalue weighted by molar-refractivity contribution is 5.81. The summed E-state index contributed by atoms with van der Waals surface area (Å²) in [6, 6.07) is 9.01. The van der Waals surface area contributed by atoms with Crippen molar-refractivity contribution in [2.45, 2.75) is 78.8 Å². The summed E-state index contributed by atoms with van der Waals surface area (Å²) in [6.07, 6.45) is 3.40. The summed E-state index contributed by atoms with van der Waals surface area (Å²) in [7, 11) is 0. The second-order valence-corrected chi connectivity index (χ2v) is 8.76. The van der Waals surface area contributed by atoms with Gasteiger partial charge < -0.3 is 10.2 Å². The Morgan fingerprint density at radius 1 is 1.15 bits per heavy atom. The minimum atomic E-state index is -0.383. The summed E-state index contributed by atoms with van der Waals surface area (Å²) in [5.74, 6) is 0.758. The lowest BCUT2D eigenvalue weighted by atomic mass is 9.96. The van der Waals surface area contributed by atoms with Crippen LogP contribution in [-0.2, 0) is 16.1 Å². The molecular weight excluding hydrogens is 324 g/mol. The smallest absolute Gasteiger partial charge is 0.225 e. The predicted octanol–water partition coefficient (Wildman–Crippen LogP) is 4.24. The molecule has 1 N–H and O–H groups in total. The maximum Gasteiger partial charge on any atom is 0.225 e. The van der Waals surface area contributed by atoms with Crippen molar-refractivity contribution in [2.75, 3.05) is 6.54 Å². The van der Waals surface area contributed by atoms with E-state index in [1.807, 2.05) is 25.7 Å². The van der Waals surface area contributed by atoms with Crippen LogP contribution in [0.4, 0.5) is 0 Å². The summed E-state index contributed by atoms with van der Waals surface area (Å²) < 4.78 is 0. The Morgan fingerprint density at radius 3 is 2.27 bits per heavy atom. The van der Waals surface area contributed by atoms with Gasteiger partial charge in [-0.2, -0.15) is 0 Å². The number of carbonyl (C=O) groups excluding carboxylic acids is 2. The molecule has 0 unspecified atom stereocenters. The fourth-order valence-corrected chi connectivity index (χ4v) is 2.86. The van der Waals surface area contributed by atoms with Gasteiger partial charge in [0, 0.05) is 31.0 Å². The normalized spacial score (nSPS) is 14.4. The molecule has 1 saturated carbocycles. The number of amides is 2. The summed E-state index contributed by atoms with van der Waals surface area (Å²) in [6.45, 7) is 11.3. The average molecular weight is 359 g/mol. The number of rotatable bonds is 8. The van der Waals surface area contributed by atoms with Crippen molar-refractivity contribution in [1.82, 2.24) is 10.2 Å². The highest BCUT2D eigenvalue weighted by Crippen LogP contribution is 2.29. The van der Waals surface area contributed by atoms with Crippen LogP contribution in [0.1, 0.15) is 77.3 Å². The molecule has 0 radical (unpaired) electrons. The van der Waals surface area contributed by atoms with Gasteiger partial charge in [-0.05, 0) is 36.3 Å². The lowest BCUT2D eigenvalue weighted by Gasteiger charge is -2.23. The zero-order chi connectivity index (χ0) is 19.3. The van der Waals surface area contributed by atoms with Gasteiger partial charge in [0.2, 0.25) is 11.8 Å². The van der Waals surface area contributed by atoms with Crippen molar-refractivity contribution in [1.29, 1.82) is 0 Å². The number of nitrogens with zero attached hydrogens (tertiary/aromatic N) is 1. The molecule has 4 heteroatoms. The molecule has 0 aliphatic heterocycles. The van der Waals surface area contributed by atoms with Gasteiger partial charge in [-0.25, -0.2) is 0 Å². The first-order chi connectivity index (χ1) is 12.2. The summed E-state index contributed by atoms with van der Waals surface area (Å²) in [5.41, 5.74) is 2.13. The van der Waals surface area contributed by atoms with E-state index >= 15 is 0 Å². The third-order valence-corrected chi connectivity index (χ3v) is 4.84. The Labute approximate surface area is 158 Å². The second-order valence-electron chi connectivity index (χ2n) is 8.76. The van der Waals surface area contributed by atoms with Crippen LogP contribution in [0.3, 0.4) is 0 Å². The molecule has 4 nitrogen and oxygen atoms in total. The zero-order valence-electron chi connectivity index (χ0n) is 17.0. The highest BCUT2D eigenvalue weighted by atomic mass is 16.2. The van der Waals surface area contributed by atoms with E-state index in [0.29, 0.717) is 37.9 Å². The molecule has 0 spiro atoms. The van der Waals surface area contributed by atoms with Crippen LogP contribution in [0.5, 0.6) is 0 Å². The second kappa shape index (κ2) is 8.70. The van der Waals surface area contributed by atoms with E-state index in [1.54, 1.807) is 0 Å². The molecule has 0 bridgehead atoms. The van der Waals surface area contributed by atoms with E-state index in [-0.39, 0.29) is 17.2 Å². The molecular formula is C22H34N2O2. The lowest BCUT2D eigenvalue weighted by molar-refractivity contribution is -0.133. The molecule has 144 valence electrons. The lowest BCUT2D eigenvalue weighted by Crippen LogP contribution is -2.36. The van der Waals surface area contributed by atoms with Crippen molar-refractivity contribution in [3.05, 3.63) is 35.4 Å². The van der Waals surface area contributed by atoms with Crippen LogP contribution in [0, 0.1) is 5.41 Å². The van der Waals surface area contributed by atoms with Gasteiger partial charge in [0.05, 0.1) is 0 Å². The van der Waals surface area contributed by atoms with Crippen molar-refractivity contribution in [3.63, 3.8) is 0 Å². The van der Waals surface area contributed by atoms with E-state index in [2.05, 4.69) is 43.4 Å². The zero-order valence-corrected chi connectivity index (χ0v) is 17.0. The van der Waals surface area contributed by atoms with Crippen LogP contribution >= 0.6 is 0 Å². The van der Waals surface area contributed by atoms with Gasteiger partial charge in [-0.15, -0.1) is 0 Å². The third kappa shape index (κ3) is 6.15. The molecule has 0 atom stereocenters. The number of hydrogen-bond donors (Lipinski definition) is 1. The Hall–Kier alpha value is -1.84. The Balaban J connectivity index is 1.83. The van der Waals surface area contributed by atoms with Crippen molar-refractivity contribution < 1.29 is 9.59 Å². The van der Waals surface area contributed by atoms with Crippen LogP contribution in [0.2, 0.25) is 0 Å². The van der Waals surface area contributed by atoms with E-state index in [4.69, 9.17) is 0 Å². The first-order valence-electron chi connectivity index (χ1n) is 9.85. The topological polar surface area (TPSA) is 49.4 Å². The fourth-order valence-electron chi connectivity index (χ4n) is 2.86. The van der Waals surface area contributed by atoms with Crippen LogP contribution in [-0.4, -0.2) is 29.3 Å². The van der Waals surface area contributed by atoms with Crippen LogP contribution in [0.15, 0.2) is 24.3 Å². The van der Waals surface area contributed by atoms with E-state index in [0.717, 1.165) is 12.8 Å². The molecule has 0 saturated heterocycles. The van der Waals surface area contributed by atoms with Crippen molar-refractivity contribution in [3.8, 4) is 0 Å². The largest absolute Gasteiger partial charge is 0.356 e. The SMILES string of the molecule is CC(C)c1ccc(CN(C(=O)CCCNC(=O)C(C)(C)C)C2CC2)cc1. The fraction of sp³-hybridized carbons (Fsp3) is 0.636. The number of hydrogen-bond acceptors (Lipinski definition) is 2. The van der Waals surface area contributed by atoms with Crippen molar-refractivity contribution >= 4 is 11.8 Å². The Kier molecular flexibility index (Phi) is 6.85. The Morgan fingerprint density at radius 2 is 1.77 bits per heavy atom. The summed E-state index contributed by atoms with van der Waals surface area (Å²) in [4.78, 5) is 26.6. The van der Waals surface area contributed by atoms with Gasteiger partial charge >= 0.3 is 0 Å². The standard InChI is InChI=1S/C22H34N2O2/c1-16(2)18-10-8-17(9-11-18)15-24(19-12-13-19)20(25)7-6-14-23-21(26)22(3,4)5/h8-11,16,19H,6-7,12-15H2,1-5H3,(H,23,26). The molecule has 26 heavy (non-hydrogen) atoms. The van der Waals surface area contributed by atoms with Gasteiger partial charge in [0.25, 0.3) is 0 Å².